The second-order valence-corrected chi connectivity index (χ2v) is 7.50. The molecule has 0 amide bonds. The van der Waals surface area contributed by atoms with E-state index < -0.39 is 0 Å². The molecule has 1 aliphatic heterocycles. The first-order chi connectivity index (χ1) is 8.86. The summed E-state index contributed by atoms with van der Waals surface area (Å²) in [4.78, 5) is 17.1. The Hall–Kier alpha value is -0.410. The third-order valence-corrected chi connectivity index (χ3v) is 4.83. The molecule has 2 atom stereocenters. The fraction of sp³-hybridized carbons (Fsp3) is 0.938. The van der Waals surface area contributed by atoms with Crippen molar-refractivity contribution in [1.82, 2.24) is 9.80 Å². The summed E-state index contributed by atoms with van der Waals surface area (Å²) in [5.74, 6) is 1.56. The van der Waals surface area contributed by atoms with Crippen molar-refractivity contribution in [2.24, 2.45) is 11.8 Å². The third-order valence-electron chi connectivity index (χ3n) is 4.83. The van der Waals surface area contributed by atoms with Crippen molar-refractivity contribution >= 4 is 5.78 Å². The van der Waals surface area contributed by atoms with Crippen molar-refractivity contribution < 1.29 is 4.79 Å². The van der Waals surface area contributed by atoms with Gasteiger partial charge in [0, 0.05) is 50.6 Å². The van der Waals surface area contributed by atoms with Gasteiger partial charge < -0.3 is 4.90 Å². The monoisotopic (exact) mass is 266 g/mol. The highest BCUT2D eigenvalue weighted by atomic mass is 16.1. The predicted octanol–water partition coefficient (Wildman–Crippen LogP) is 2.41. The minimum absolute atomic E-state index is 0.279. The van der Waals surface area contributed by atoms with Crippen LogP contribution in [0.3, 0.4) is 0 Å². The normalized spacial score (nSPS) is 31.7. The van der Waals surface area contributed by atoms with Crippen LogP contribution in [-0.4, -0.2) is 53.8 Å². The van der Waals surface area contributed by atoms with E-state index in [-0.39, 0.29) is 5.54 Å². The van der Waals surface area contributed by atoms with Crippen LogP contribution >= 0.6 is 0 Å². The molecule has 1 aliphatic carbocycles. The van der Waals surface area contributed by atoms with Gasteiger partial charge in [0.1, 0.15) is 5.78 Å². The SMILES string of the molecule is CC1CCC(=O)C(CN2CCN(C(C)(C)C)CC2)C1. The molecule has 2 unspecified atom stereocenters. The van der Waals surface area contributed by atoms with Gasteiger partial charge in [-0.15, -0.1) is 0 Å². The van der Waals surface area contributed by atoms with Crippen LogP contribution in [0.4, 0.5) is 0 Å². The van der Waals surface area contributed by atoms with E-state index in [2.05, 4.69) is 37.5 Å². The summed E-state index contributed by atoms with van der Waals surface area (Å²) in [6, 6.07) is 0. The summed E-state index contributed by atoms with van der Waals surface area (Å²) < 4.78 is 0. The lowest BCUT2D eigenvalue weighted by molar-refractivity contribution is -0.126. The Kier molecular flexibility index (Phi) is 4.67. The fourth-order valence-corrected chi connectivity index (χ4v) is 3.42. The maximum absolute atomic E-state index is 12.0. The summed E-state index contributed by atoms with van der Waals surface area (Å²) in [6.07, 6.45) is 3.03. The van der Waals surface area contributed by atoms with E-state index in [1.54, 1.807) is 0 Å². The Labute approximate surface area is 118 Å². The molecule has 19 heavy (non-hydrogen) atoms. The van der Waals surface area contributed by atoms with Crippen LogP contribution in [0.25, 0.3) is 0 Å². The van der Waals surface area contributed by atoms with E-state index >= 15 is 0 Å². The van der Waals surface area contributed by atoms with Crippen LogP contribution < -0.4 is 0 Å². The lowest BCUT2D eigenvalue weighted by Crippen LogP contribution is -2.54. The number of hydrogen-bond donors (Lipinski definition) is 0. The van der Waals surface area contributed by atoms with Gasteiger partial charge in [-0.2, -0.15) is 0 Å². The van der Waals surface area contributed by atoms with Crippen molar-refractivity contribution in [2.45, 2.75) is 52.5 Å². The first-order valence-corrected chi connectivity index (χ1v) is 7.86. The van der Waals surface area contributed by atoms with E-state index in [9.17, 15) is 4.79 Å². The standard InChI is InChI=1S/C16H30N2O/c1-13-5-6-15(19)14(11-13)12-17-7-9-18(10-8-17)16(2,3)4/h13-14H,5-12H2,1-4H3. The zero-order valence-corrected chi connectivity index (χ0v) is 13.1. The smallest absolute Gasteiger partial charge is 0.137 e. The second-order valence-electron chi connectivity index (χ2n) is 7.50. The maximum Gasteiger partial charge on any atom is 0.137 e. The van der Waals surface area contributed by atoms with Crippen LogP contribution in [0.15, 0.2) is 0 Å². The van der Waals surface area contributed by atoms with Crippen molar-refractivity contribution in [1.29, 1.82) is 0 Å². The molecule has 0 spiro atoms. The van der Waals surface area contributed by atoms with Crippen LogP contribution in [0.2, 0.25) is 0 Å². The average Bonchev–Trinajstić information content (AvgIpc) is 2.33. The molecular formula is C16H30N2O. The van der Waals surface area contributed by atoms with E-state index in [1.807, 2.05) is 0 Å². The Balaban J connectivity index is 1.80. The van der Waals surface area contributed by atoms with E-state index in [0.717, 1.165) is 57.9 Å². The van der Waals surface area contributed by atoms with E-state index in [4.69, 9.17) is 0 Å². The Morgan fingerprint density at radius 2 is 1.79 bits per heavy atom. The van der Waals surface area contributed by atoms with Gasteiger partial charge in [0.15, 0.2) is 0 Å². The highest BCUT2D eigenvalue weighted by Crippen LogP contribution is 2.27. The average molecular weight is 266 g/mol. The molecule has 2 rings (SSSR count). The molecule has 1 heterocycles. The minimum Gasteiger partial charge on any atom is -0.300 e. The highest BCUT2D eigenvalue weighted by molar-refractivity contribution is 5.81. The summed E-state index contributed by atoms with van der Waals surface area (Å²) in [5, 5.41) is 0. The molecule has 0 aromatic rings. The van der Waals surface area contributed by atoms with Gasteiger partial charge in [0.25, 0.3) is 0 Å². The van der Waals surface area contributed by atoms with Gasteiger partial charge in [-0.05, 0) is 39.5 Å². The lowest BCUT2D eigenvalue weighted by Gasteiger charge is -2.43. The zero-order chi connectivity index (χ0) is 14.0. The van der Waals surface area contributed by atoms with Crippen LogP contribution in [-0.2, 0) is 4.79 Å². The summed E-state index contributed by atoms with van der Waals surface area (Å²) in [6.45, 7) is 14.7. The number of carbonyl (C=O) groups excluding carboxylic acids is 1. The Bertz CT molecular complexity index is 313. The van der Waals surface area contributed by atoms with Crippen molar-refractivity contribution in [2.75, 3.05) is 32.7 Å². The Morgan fingerprint density at radius 1 is 1.16 bits per heavy atom. The minimum atomic E-state index is 0.279. The molecule has 0 N–H and O–H groups in total. The second kappa shape index (κ2) is 5.92. The van der Waals surface area contributed by atoms with Gasteiger partial charge in [0.05, 0.1) is 0 Å². The van der Waals surface area contributed by atoms with Gasteiger partial charge in [-0.3, -0.25) is 9.69 Å². The molecule has 3 nitrogen and oxygen atoms in total. The number of hydrogen-bond acceptors (Lipinski definition) is 3. The molecule has 0 bridgehead atoms. The predicted molar refractivity (Wildman–Crippen MR) is 79.3 cm³/mol. The number of ketones is 1. The quantitative estimate of drug-likeness (QED) is 0.767. The largest absolute Gasteiger partial charge is 0.300 e. The molecular weight excluding hydrogens is 236 g/mol. The van der Waals surface area contributed by atoms with Crippen LogP contribution in [0.5, 0.6) is 0 Å². The number of piperazine rings is 1. The number of Topliss-reactive ketones (excluding diaryl/α,β-unsaturated/α-hetero) is 1. The summed E-state index contributed by atoms with van der Waals surface area (Å²) in [7, 11) is 0. The van der Waals surface area contributed by atoms with Crippen LogP contribution in [0.1, 0.15) is 47.0 Å². The Morgan fingerprint density at radius 3 is 2.37 bits per heavy atom. The highest BCUT2D eigenvalue weighted by Gasteiger charge is 2.31. The van der Waals surface area contributed by atoms with Crippen molar-refractivity contribution in [3.63, 3.8) is 0 Å². The number of carbonyl (C=O) groups is 1. The van der Waals surface area contributed by atoms with Gasteiger partial charge in [-0.25, -0.2) is 0 Å². The van der Waals surface area contributed by atoms with Crippen LogP contribution in [0, 0.1) is 11.8 Å². The molecule has 0 aromatic heterocycles. The lowest BCUT2D eigenvalue weighted by atomic mass is 9.81. The fourth-order valence-electron chi connectivity index (χ4n) is 3.42. The number of rotatable bonds is 2. The first kappa shape index (κ1) is 15.0. The topological polar surface area (TPSA) is 23.6 Å². The summed E-state index contributed by atoms with van der Waals surface area (Å²) in [5.41, 5.74) is 0.279. The van der Waals surface area contributed by atoms with E-state index in [1.165, 1.54) is 0 Å². The molecule has 2 aliphatic rings. The summed E-state index contributed by atoms with van der Waals surface area (Å²) >= 11 is 0. The molecule has 1 saturated carbocycles. The van der Waals surface area contributed by atoms with Gasteiger partial charge >= 0.3 is 0 Å². The molecule has 0 radical (unpaired) electrons. The van der Waals surface area contributed by atoms with Crippen molar-refractivity contribution in [3.05, 3.63) is 0 Å². The van der Waals surface area contributed by atoms with Gasteiger partial charge in [-0.1, -0.05) is 6.92 Å². The number of nitrogens with zero attached hydrogens (tertiary/aromatic N) is 2. The van der Waals surface area contributed by atoms with Gasteiger partial charge in [0.2, 0.25) is 0 Å². The third kappa shape index (κ3) is 4.03. The first-order valence-electron chi connectivity index (χ1n) is 7.86. The van der Waals surface area contributed by atoms with E-state index in [0.29, 0.717) is 11.7 Å². The molecule has 1 saturated heterocycles. The molecule has 2 fully saturated rings. The zero-order valence-electron chi connectivity index (χ0n) is 13.1. The molecule has 0 aromatic carbocycles. The molecule has 3 heteroatoms. The maximum atomic E-state index is 12.0. The van der Waals surface area contributed by atoms with Crippen molar-refractivity contribution in [3.8, 4) is 0 Å². The molecule has 110 valence electrons.